The fraction of sp³-hybridized carbons (Fsp3) is 0.0455. The predicted molar refractivity (Wildman–Crippen MR) is 118 cm³/mol. The first-order valence-corrected chi connectivity index (χ1v) is 10.4. The standard InChI is InChI=1S/C22H14FN7S/c1-11-4-6-24-9-13(11)14-10-26-20-16(17(14)23)19(29-30-20)22-27-18-12(15-3-2-8-31-15)5-7-25-21(18)28-22/h2-10H,1H3,(H,25,27,28)(H,26,29,30). The maximum Gasteiger partial charge on any atom is 0.184 e. The molecule has 0 saturated carbocycles. The molecule has 150 valence electrons. The third kappa shape index (κ3) is 2.74. The van der Waals surface area contributed by atoms with Gasteiger partial charge in [-0.1, -0.05) is 6.07 Å². The lowest BCUT2D eigenvalue weighted by Gasteiger charge is -2.06. The maximum absolute atomic E-state index is 15.7. The number of fused-ring (bicyclic) bond motifs is 2. The number of aryl methyl sites for hydroxylation is 1. The van der Waals surface area contributed by atoms with Gasteiger partial charge in [-0.15, -0.1) is 11.3 Å². The summed E-state index contributed by atoms with van der Waals surface area (Å²) in [4.78, 5) is 21.8. The highest BCUT2D eigenvalue weighted by atomic mass is 32.1. The Labute approximate surface area is 179 Å². The number of H-pyrrole nitrogens is 2. The molecule has 0 bridgehead atoms. The first kappa shape index (κ1) is 17.8. The summed E-state index contributed by atoms with van der Waals surface area (Å²) in [5.41, 5.74) is 5.01. The Hall–Kier alpha value is -3.98. The van der Waals surface area contributed by atoms with E-state index in [4.69, 9.17) is 0 Å². The van der Waals surface area contributed by atoms with Crippen LogP contribution in [0.25, 0.3) is 55.3 Å². The third-order valence-corrected chi connectivity index (χ3v) is 6.17. The summed E-state index contributed by atoms with van der Waals surface area (Å²) in [6, 6.07) is 7.81. The summed E-state index contributed by atoms with van der Waals surface area (Å²) in [6.07, 6.45) is 6.53. The van der Waals surface area contributed by atoms with Gasteiger partial charge in [0.25, 0.3) is 0 Å². The molecule has 0 saturated heterocycles. The molecule has 0 aliphatic heterocycles. The van der Waals surface area contributed by atoms with Crippen molar-refractivity contribution in [3.05, 3.63) is 65.8 Å². The zero-order valence-corrected chi connectivity index (χ0v) is 17.0. The maximum atomic E-state index is 15.7. The average molecular weight is 427 g/mol. The second kappa shape index (κ2) is 6.78. The molecule has 7 nitrogen and oxygen atoms in total. The second-order valence-electron chi connectivity index (χ2n) is 7.09. The highest BCUT2D eigenvalue weighted by Gasteiger charge is 2.21. The Morgan fingerprint density at radius 3 is 2.74 bits per heavy atom. The predicted octanol–water partition coefficient (Wildman–Crippen LogP) is 5.13. The van der Waals surface area contributed by atoms with Gasteiger partial charge < -0.3 is 4.98 Å². The molecule has 6 heterocycles. The van der Waals surface area contributed by atoms with Gasteiger partial charge in [-0.05, 0) is 36.1 Å². The minimum absolute atomic E-state index is 0.275. The molecule has 0 fully saturated rings. The van der Waals surface area contributed by atoms with Crippen molar-refractivity contribution in [1.29, 1.82) is 0 Å². The molecule has 0 atom stereocenters. The van der Waals surface area contributed by atoms with Crippen molar-refractivity contribution < 1.29 is 4.39 Å². The smallest absolute Gasteiger partial charge is 0.184 e. The molecule has 0 aromatic carbocycles. The molecule has 0 aliphatic rings. The van der Waals surface area contributed by atoms with Crippen molar-refractivity contribution in [2.75, 3.05) is 0 Å². The van der Waals surface area contributed by atoms with Crippen LogP contribution in [-0.2, 0) is 0 Å². The number of aromatic amines is 2. The number of pyridine rings is 3. The van der Waals surface area contributed by atoms with Crippen molar-refractivity contribution in [2.24, 2.45) is 0 Å². The van der Waals surface area contributed by atoms with E-state index in [-0.39, 0.29) is 11.0 Å². The molecule has 0 spiro atoms. The molecular formula is C22H14FN7S. The van der Waals surface area contributed by atoms with Crippen LogP contribution in [-0.4, -0.2) is 35.1 Å². The van der Waals surface area contributed by atoms with Gasteiger partial charge >= 0.3 is 0 Å². The first-order chi connectivity index (χ1) is 15.2. The number of nitrogens with one attached hydrogen (secondary N) is 2. The number of halogens is 1. The molecule has 0 unspecified atom stereocenters. The van der Waals surface area contributed by atoms with Gasteiger partial charge in [-0.25, -0.2) is 19.3 Å². The van der Waals surface area contributed by atoms with Crippen LogP contribution in [0.15, 0.2) is 54.4 Å². The number of hydrogen-bond acceptors (Lipinski definition) is 6. The van der Waals surface area contributed by atoms with E-state index >= 15 is 4.39 Å². The van der Waals surface area contributed by atoms with Crippen LogP contribution in [0.4, 0.5) is 4.39 Å². The highest BCUT2D eigenvalue weighted by Crippen LogP contribution is 2.35. The average Bonchev–Trinajstić information content (AvgIpc) is 3.53. The van der Waals surface area contributed by atoms with E-state index in [1.807, 2.05) is 36.6 Å². The Morgan fingerprint density at radius 1 is 0.968 bits per heavy atom. The summed E-state index contributed by atoms with van der Waals surface area (Å²) >= 11 is 1.63. The fourth-order valence-electron chi connectivity index (χ4n) is 3.72. The fourth-order valence-corrected chi connectivity index (χ4v) is 4.48. The lowest BCUT2D eigenvalue weighted by molar-refractivity contribution is 0.642. The molecule has 6 aromatic heterocycles. The minimum Gasteiger partial charge on any atom is -0.335 e. The number of aromatic nitrogens is 7. The van der Waals surface area contributed by atoms with Crippen molar-refractivity contribution in [3.8, 4) is 33.1 Å². The minimum atomic E-state index is -0.420. The van der Waals surface area contributed by atoms with Crippen LogP contribution in [0.5, 0.6) is 0 Å². The number of imidazole rings is 1. The molecule has 0 aliphatic carbocycles. The molecular weight excluding hydrogens is 413 g/mol. The summed E-state index contributed by atoms with van der Waals surface area (Å²) in [5.74, 6) is 0.0338. The van der Waals surface area contributed by atoms with E-state index in [0.717, 1.165) is 21.5 Å². The van der Waals surface area contributed by atoms with E-state index in [0.29, 0.717) is 28.3 Å². The largest absolute Gasteiger partial charge is 0.335 e. The van der Waals surface area contributed by atoms with Crippen molar-refractivity contribution in [1.82, 2.24) is 35.1 Å². The van der Waals surface area contributed by atoms with Gasteiger partial charge in [-0.3, -0.25) is 10.1 Å². The quantitative estimate of drug-likeness (QED) is 0.408. The van der Waals surface area contributed by atoms with E-state index in [9.17, 15) is 0 Å². The first-order valence-electron chi connectivity index (χ1n) is 9.53. The van der Waals surface area contributed by atoms with Gasteiger partial charge in [0.15, 0.2) is 17.1 Å². The number of nitrogens with zero attached hydrogens (tertiary/aromatic N) is 5. The third-order valence-electron chi connectivity index (χ3n) is 5.26. The molecule has 9 heteroatoms. The number of rotatable bonds is 3. The zero-order valence-electron chi connectivity index (χ0n) is 16.2. The van der Waals surface area contributed by atoms with E-state index in [2.05, 4.69) is 35.1 Å². The van der Waals surface area contributed by atoms with Gasteiger partial charge in [0, 0.05) is 46.4 Å². The molecule has 0 radical (unpaired) electrons. The van der Waals surface area contributed by atoms with Gasteiger partial charge in [0.05, 0.1) is 10.9 Å². The van der Waals surface area contributed by atoms with Crippen LogP contribution in [0.2, 0.25) is 0 Å². The lowest BCUT2D eigenvalue weighted by atomic mass is 10.0. The zero-order chi connectivity index (χ0) is 20.9. The molecule has 31 heavy (non-hydrogen) atoms. The summed E-state index contributed by atoms with van der Waals surface area (Å²) in [7, 11) is 0. The van der Waals surface area contributed by atoms with E-state index in [1.54, 1.807) is 29.9 Å². The number of hydrogen-bond donors (Lipinski definition) is 2. The molecule has 6 rings (SSSR count). The Balaban J connectivity index is 1.57. The lowest BCUT2D eigenvalue weighted by Crippen LogP contribution is -1.93. The Kier molecular flexibility index (Phi) is 3.90. The van der Waals surface area contributed by atoms with Gasteiger partial charge in [-0.2, -0.15) is 5.10 Å². The highest BCUT2D eigenvalue weighted by molar-refractivity contribution is 7.13. The van der Waals surface area contributed by atoms with Crippen molar-refractivity contribution in [2.45, 2.75) is 6.92 Å². The SMILES string of the molecule is Cc1ccncc1-c1cnc2n[nH]c(-c3nc4nccc(-c5cccs5)c4[nH]3)c2c1F. The Morgan fingerprint density at radius 2 is 1.90 bits per heavy atom. The summed E-state index contributed by atoms with van der Waals surface area (Å²) < 4.78 is 15.7. The summed E-state index contributed by atoms with van der Waals surface area (Å²) in [6.45, 7) is 1.91. The van der Waals surface area contributed by atoms with Gasteiger partial charge in [0.1, 0.15) is 11.5 Å². The topological polar surface area (TPSA) is 96.0 Å². The van der Waals surface area contributed by atoms with Crippen molar-refractivity contribution >= 4 is 33.5 Å². The van der Waals surface area contributed by atoms with Gasteiger partial charge in [0.2, 0.25) is 0 Å². The van der Waals surface area contributed by atoms with Crippen LogP contribution in [0.3, 0.4) is 0 Å². The normalized spacial score (nSPS) is 11.5. The molecule has 2 N–H and O–H groups in total. The van der Waals surface area contributed by atoms with Crippen LogP contribution < -0.4 is 0 Å². The van der Waals surface area contributed by atoms with Crippen LogP contribution in [0, 0.1) is 12.7 Å². The summed E-state index contributed by atoms with van der Waals surface area (Å²) in [5, 5.41) is 9.37. The number of thiophene rings is 1. The molecule has 6 aromatic rings. The van der Waals surface area contributed by atoms with Crippen LogP contribution >= 0.6 is 11.3 Å². The Bertz CT molecular complexity index is 1570. The molecule has 0 amide bonds. The van der Waals surface area contributed by atoms with E-state index in [1.165, 1.54) is 6.20 Å². The van der Waals surface area contributed by atoms with E-state index < -0.39 is 5.82 Å². The van der Waals surface area contributed by atoms with Crippen molar-refractivity contribution in [3.63, 3.8) is 0 Å². The van der Waals surface area contributed by atoms with Crippen LogP contribution in [0.1, 0.15) is 5.56 Å². The second-order valence-corrected chi connectivity index (χ2v) is 8.04. The monoisotopic (exact) mass is 427 g/mol.